The smallest absolute Gasteiger partial charge is 0.416 e. The Hall–Kier alpha value is -3.24. The number of aliphatic hydroxyl groups excluding tert-OH is 1. The number of halogens is 1. The Bertz CT molecular complexity index is 1100. The molecule has 1 amide bonds. The first kappa shape index (κ1) is 21.0. The predicted molar refractivity (Wildman–Crippen MR) is 113 cm³/mol. The van der Waals surface area contributed by atoms with Crippen molar-refractivity contribution < 1.29 is 19.2 Å². The van der Waals surface area contributed by atoms with Gasteiger partial charge in [-0.2, -0.15) is 9.97 Å². The Balaban J connectivity index is 1.51. The third kappa shape index (κ3) is 4.30. The molecule has 1 saturated heterocycles. The van der Waals surface area contributed by atoms with Crippen LogP contribution in [-0.4, -0.2) is 50.1 Å². The van der Waals surface area contributed by atoms with Crippen LogP contribution in [0.3, 0.4) is 0 Å². The van der Waals surface area contributed by atoms with Gasteiger partial charge >= 0.3 is 6.09 Å². The lowest BCUT2D eigenvalue weighted by molar-refractivity contribution is 0.142. The summed E-state index contributed by atoms with van der Waals surface area (Å²) in [6.07, 6.45) is 0.172. The number of amides is 1. The van der Waals surface area contributed by atoms with Crippen LogP contribution in [0.15, 0.2) is 35.0 Å². The molecule has 31 heavy (non-hydrogen) atoms. The van der Waals surface area contributed by atoms with Gasteiger partial charge < -0.3 is 19.7 Å². The molecule has 1 aliphatic rings. The molecule has 162 valence electrons. The number of carbonyl (C=O) groups is 1. The van der Waals surface area contributed by atoms with E-state index in [-0.39, 0.29) is 12.6 Å². The molecular weight excluding hydrogens is 424 g/mol. The highest BCUT2D eigenvalue weighted by Crippen LogP contribution is 2.26. The van der Waals surface area contributed by atoms with E-state index in [0.717, 1.165) is 11.1 Å². The maximum atomic E-state index is 12.1. The molecule has 1 fully saturated rings. The van der Waals surface area contributed by atoms with Crippen molar-refractivity contribution in [3.8, 4) is 11.4 Å². The number of aryl methyl sites for hydroxylation is 1. The average Bonchev–Trinajstić information content (AvgIpc) is 3.37. The molecule has 10 nitrogen and oxygen atoms in total. The summed E-state index contributed by atoms with van der Waals surface area (Å²) >= 11 is 6.07. The number of aliphatic hydroxyl groups is 1. The molecule has 3 heterocycles. The molecule has 2 N–H and O–H groups in total. The Morgan fingerprint density at radius 3 is 2.84 bits per heavy atom. The number of anilines is 2. The van der Waals surface area contributed by atoms with Crippen LogP contribution < -0.4 is 10.2 Å². The van der Waals surface area contributed by atoms with Gasteiger partial charge in [-0.25, -0.2) is 9.78 Å². The van der Waals surface area contributed by atoms with E-state index in [1.54, 1.807) is 19.1 Å². The van der Waals surface area contributed by atoms with Crippen LogP contribution in [0.25, 0.3) is 11.4 Å². The van der Waals surface area contributed by atoms with Gasteiger partial charge in [0, 0.05) is 16.8 Å². The predicted octanol–water partition coefficient (Wildman–Crippen LogP) is 3.37. The first-order chi connectivity index (χ1) is 14.8. The van der Waals surface area contributed by atoms with E-state index in [4.69, 9.17) is 20.9 Å². The Labute approximate surface area is 183 Å². The quantitative estimate of drug-likeness (QED) is 0.588. The van der Waals surface area contributed by atoms with E-state index >= 15 is 0 Å². The summed E-state index contributed by atoms with van der Waals surface area (Å²) in [5, 5.41) is 17.7. The van der Waals surface area contributed by atoms with Gasteiger partial charge in [0.15, 0.2) is 0 Å². The number of rotatable bonds is 6. The molecule has 0 aliphatic carbocycles. The molecule has 0 saturated carbocycles. The zero-order valence-electron chi connectivity index (χ0n) is 17.1. The van der Waals surface area contributed by atoms with E-state index in [1.165, 1.54) is 11.1 Å². The van der Waals surface area contributed by atoms with Crippen LogP contribution in [-0.2, 0) is 4.74 Å². The SMILES string of the molecule is Cc1cc(-c2noc([C@H](C)Nc3nccc(N4C(=O)OCC4[C@@H](C)O)n3)n2)ccc1Cl. The van der Waals surface area contributed by atoms with Crippen molar-refractivity contribution in [2.24, 2.45) is 0 Å². The van der Waals surface area contributed by atoms with Crippen molar-refractivity contribution in [2.45, 2.75) is 39.0 Å². The second-order valence-electron chi connectivity index (χ2n) is 7.28. The van der Waals surface area contributed by atoms with Gasteiger partial charge in [-0.1, -0.05) is 16.8 Å². The van der Waals surface area contributed by atoms with Crippen molar-refractivity contribution in [3.63, 3.8) is 0 Å². The minimum atomic E-state index is -0.773. The van der Waals surface area contributed by atoms with Crippen LogP contribution in [0, 0.1) is 6.92 Å². The molecule has 1 aromatic carbocycles. The monoisotopic (exact) mass is 444 g/mol. The lowest BCUT2D eigenvalue weighted by Gasteiger charge is -2.22. The number of nitrogens with zero attached hydrogens (tertiary/aromatic N) is 5. The molecule has 2 aromatic heterocycles. The van der Waals surface area contributed by atoms with Gasteiger partial charge in [0.2, 0.25) is 17.7 Å². The molecule has 3 atom stereocenters. The summed E-state index contributed by atoms with van der Waals surface area (Å²) in [5.41, 5.74) is 1.71. The van der Waals surface area contributed by atoms with E-state index < -0.39 is 24.3 Å². The highest BCUT2D eigenvalue weighted by molar-refractivity contribution is 6.31. The number of benzene rings is 1. The van der Waals surface area contributed by atoms with Gasteiger partial charge in [-0.15, -0.1) is 0 Å². The summed E-state index contributed by atoms with van der Waals surface area (Å²) in [6.45, 7) is 5.41. The summed E-state index contributed by atoms with van der Waals surface area (Å²) in [5.74, 6) is 1.37. The van der Waals surface area contributed by atoms with Crippen molar-refractivity contribution in [1.82, 2.24) is 20.1 Å². The van der Waals surface area contributed by atoms with Crippen LogP contribution in [0.4, 0.5) is 16.6 Å². The van der Waals surface area contributed by atoms with Gasteiger partial charge in [-0.3, -0.25) is 4.90 Å². The fourth-order valence-corrected chi connectivity index (χ4v) is 3.29. The molecule has 1 unspecified atom stereocenters. The summed E-state index contributed by atoms with van der Waals surface area (Å²) in [4.78, 5) is 26.4. The van der Waals surface area contributed by atoms with Crippen LogP contribution >= 0.6 is 11.6 Å². The largest absolute Gasteiger partial charge is 0.447 e. The maximum absolute atomic E-state index is 12.1. The highest BCUT2D eigenvalue weighted by atomic mass is 35.5. The number of ether oxygens (including phenoxy) is 1. The molecule has 0 spiro atoms. The van der Waals surface area contributed by atoms with Crippen LogP contribution in [0.1, 0.15) is 31.3 Å². The third-order valence-electron chi connectivity index (χ3n) is 4.92. The van der Waals surface area contributed by atoms with Crippen molar-refractivity contribution in [1.29, 1.82) is 0 Å². The molecule has 1 aliphatic heterocycles. The van der Waals surface area contributed by atoms with Gasteiger partial charge in [0.1, 0.15) is 24.5 Å². The van der Waals surface area contributed by atoms with Crippen molar-refractivity contribution >= 4 is 29.5 Å². The van der Waals surface area contributed by atoms with Crippen molar-refractivity contribution in [2.75, 3.05) is 16.8 Å². The number of hydrogen-bond donors (Lipinski definition) is 2. The summed E-state index contributed by atoms with van der Waals surface area (Å²) in [6, 6.07) is 6.15. The van der Waals surface area contributed by atoms with Gasteiger partial charge in [-0.05, 0) is 50.6 Å². The standard InChI is InChI=1S/C20H21ClN6O4/c1-10-8-13(4-5-14(10)21)17-25-18(31-26-17)11(2)23-19-22-7-6-16(24-19)27-15(12(3)28)9-30-20(27)29/h4-8,11-12,15,28H,9H2,1-3H3,(H,22,23,24)/t11-,12+,15?/m0/s1. The van der Waals surface area contributed by atoms with Crippen molar-refractivity contribution in [3.05, 3.63) is 46.9 Å². The molecule has 11 heteroatoms. The minimum Gasteiger partial charge on any atom is -0.447 e. The second kappa shape index (κ2) is 8.48. The lowest BCUT2D eigenvalue weighted by Crippen LogP contribution is -2.41. The summed E-state index contributed by atoms with van der Waals surface area (Å²) in [7, 11) is 0. The highest BCUT2D eigenvalue weighted by Gasteiger charge is 2.38. The Morgan fingerprint density at radius 1 is 1.29 bits per heavy atom. The Kier molecular flexibility index (Phi) is 5.75. The zero-order valence-corrected chi connectivity index (χ0v) is 17.9. The second-order valence-corrected chi connectivity index (χ2v) is 7.69. The minimum absolute atomic E-state index is 0.0919. The molecule has 4 rings (SSSR count). The van der Waals surface area contributed by atoms with E-state index in [1.807, 2.05) is 26.0 Å². The first-order valence-electron chi connectivity index (χ1n) is 9.67. The number of cyclic esters (lactones) is 1. The number of nitrogens with one attached hydrogen (secondary N) is 1. The van der Waals surface area contributed by atoms with E-state index in [0.29, 0.717) is 22.6 Å². The number of aromatic nitrogens is 4. The van der Waals surface area contributed by atoms with Gasteiger partial charge in [0.25, 0.3) is 0 Å². The fourth-order valence-electron chi connectivity index (χ4n) is 3.17. The molecular formula is C20H21ClN6O4. The normalized spacial score (nSPS) is 18.0. The van der Waals surface area contributed by atoms with Crippen LogP contribution in [0.2, 0.25) is 5.02 Å². The maximum Gasteiger partial charge on any atom is 0.416 e. The number of hydrogen-bond acceptors (Lipinski definition) is 9. The molecule has 0 bridgehead atoms. The van der Waals surface area contributed by atoms with Gasteiger partial charge in [0.05, 0.1) is 6.10 Å². The Morgan fingerprint density at radius 2 is 2.10 bits per heavy atom. The summed E-state index contributed by atoms with van der Waals surface area (Å²) < 4.78 is 10.4. The average molecular weight is 445 g/mol. The topological polar surface area (TPSA) is 127 Å². The van der Waals surface area contributed by atoms with E-state index in [2.05, 4.69) is 25.4 Å². The zero-order chi connectivity index (χ0) is 22.1. The molecule has 0 radical (unpaired) electrons. The molecule has 3 aromatic rings. The fraction of sp³-hybridized carbons (Fsp3) is 0.350. The van der Waals surface area contributed by atoms with Crippen LogP contribution in [0.5, 0.6) is 0 Å². The van der Waals surface area contributed by atoms with E-state index in [9.17, 15) is 9.90 Å². The lowest BCUT2D eigenvalue weighted by atomic mass is 10.1. The first-order valence-corrected chi connectivity index (χ1v) is 10.0. The number of carbonyl (C=O) groups excluding carboxylic acids is 1. The third-order valence-corrected chi connectivity index (χ3v) is 5.35.